The van der Waals surface area contributed by atoms with Crippen molar-refractivity contribution in [1.82, 2.24) is 0 Å². The summed E-state index contributed by atoms with van der Waals surface area (Å²) < 4.78 is 0. The summed E-state index contributed by atoms with van der Waals surface area (Å²) in [6, 6.07) is 0. The quantitative estimate of drug-likeness (QED) is 0.477. The fourth-order valence-electron chi connectivity index (χ4n) is 1.15. The van der Waals surface area contributed by atoms with Gasteiger partial charge in [-0.05, 0) is 6.42 Å². The summed E-state index contributed by atoms with van der Waals surface area (Å²) in [4.78, 5) is 26.9. The maximum atomic E-state index is 10.0. The Kier molecular flexibility index (Phi) is 3.58. The minimum Gasteiger partial charge on any atom is -0.211 e. The molecule has 1 atom stereocenters. The first-order valence-electron chi connectivity index (χ1n) is 3.86. The Balaban J connectivity index is 2.75. The second kappa shape index (κ2) is 4.99. The molecule has 0 amide bonds. The Bertz CT molecular complexity index is 303. The van der Waals surface area contributed by atoms with Crippen LogP contribution < -0.4 is 0 Å². The molecule has 0 radical (unpaired) electrons. The maximum Gasteiger partial charge on any atom is 0.237 e. The van der Waals surface area contributed by atoms with Gasteiger partial charge in [0.2, 0.25) is 12.2 Å². The van der Waals surface area contributed by atoms with Gasteiger partial charge in [0.1, 0.15) is 0 Å². The summed E-state index contributed by atoms with van der Waals surface area (Å²) in [7, 11) is 0. The average Bonchev–Trinajstić information content (AvgIpc) is 2.19. The third-order valence-corrected chi connectivity index (χ3v) is 1.77. The molecule has 0 bridgehead atoms. The van der Waals surface area contributed by atoms with Gasteiger partial charge in [0, 0.05) is 5.92 Å². The van der Waals surface area contributed by atoms with Gasteiger partial charge in [-0.2, -0.15) is 9.98 Å². The third kappa shape index (κ3) is 2.64. The van der Waals surface area contributed by atoms with Gasteiger partial charge in [0.05, 0.1) is 0 Å². The number of rotatable bonds is 3. The smallest absolute Gasteiger partial charge is 0.211 e. The minimum atomic E-state index is -0.670. The highest BCUT2D eigenvalue weighted by Crippen LogP contribution is 2.18. The molecule has 1 unspecified atom stereocenters. The number of nitrogens with zero attached hydrogens (tertiary/aromatic N) is 2. The number of hydrogen-bond donors (Lipinski definition) is 0. The number of hydrogen-bond acceptors (Lipinski definition) is 4. The van der Waals surface area contributed by atoms with E-state index >= 15 is 0 Å². The molecule has 0 N–H and O–H groups in total. The van der Waals surface area contributed by atoms with Gasteiger partial charge in [-0.25, -0.2) is 9.59 Å². The predicted molar refractivity (Wildman–Crippen MR) is 46.4 cm³/mol. The van der Waals surface area contributed by atoms with Gasteiger partial charge < -0.3 is 0 Å². The molecule has 4 heteroatoms. The summed E-state index contributed by atoms with van der Waals surface area (Å²) in [5, 5.41) is 0. The zero-order chi connectivity index (χ0) is 9.52. The lowest BCUT2D eigenvalue weighted by Crippen LogP contribution is -2.14. The Labute approximate surface area is 75.4 Å². The fraction of sp³-hybridized carbons (Fsp3) is 0.333. The molecule has 4 nitrogen and oxygen atoms in total. The highest BCUT2D eigenvalue weighted by atomic mass is 16.1. The van der Waals surface area contributed by atoms with Gasteiger partial charge in [-0.1, -0.05) is 24.3 Å². The van der Waals surface area contributed by atoms with Crippen LogP contribution in [0, 0.1) is 5.92 Å². The summed E-state index contributed by atoms with van der Waals surface area (Å²) in [5.74, 6) is -0.0344. The first-order chi connectivity index (χ1) is 6.38. The lowest BCUT2D eigenvalue weighted by atomic mass is 9.98. The summed E-state index contributed by atoms with van der Waals surface area (Å²) >= 11 is 0. The fourth-order valence-corrected chi connectivity index (χ4v) is 1.15. The van der Waals surface area contributed by atoms with Crippen LogP contribution in [0.4, 0.5) is 0 Å². The molecule has 0 heterocycles. The normalized spacial score (nSPS) is 21.4. The number of allylic oxidation sites excluding steroid dienone is 3. The van der Waals surface area contributed by atoms with E-state index in [4.69, 9.17) is 0 Å². The maximum absolute atomic E-state index is 10.0. The van der Waals surface area contributed by atoms with Crippen molar-refractivity contribution >= 4 is 12.2 Å². The largest absolute Gasteiger partial charge is 0.237 e. The van der Waals surface area contributed by atoms with Gasteiger partial charge in [-0.15, -0.1) is 0 Å². The van der Waals surface area contributed by atoms with Crippen molar-refractivity contribution in [2.24, 2.45) is 15.9 Å². The zero-order valence-corrected chi connectivity index (χ0v) is 6.88. The minimum absolute atomic E-state index is 0.0344. The highest BCUT2D eigenvalue weighted by molar-refractivity contribution is 5.37. The van der Waals surface area contributed by atoms with Crippen LogP contribution in [0.2, 0.25) is 0 Å². The molecule has 1 aliphatic rings. The van der Waals surface area contributed by atoms with Gasteiger partial charge >= 0.3 is 0 Å². The monoisotopic (exact) mass is 176 g/mol. The number of aliphatic imine (C=N–C) groups is 2. The Morgan fingerprint density at radius 2 is 1.92 bits per heavy atom. The molecule has 0 spiro atoms. The van der Waals surface area contributed by atoms with Crippen LogP contribution in [0.15, 0.2) is 34.3 Å². The van der Waals surface area contributed by atoms with Crippen molar-refractivity contribution in [3.8, 4) is 0 Å². The third-order valence-electron chi connectivity index (χ3n) is 1.77. The van der Waals surface area contributed by atoms with Crippen LogP contribution in [0.1, 0.15) is 6.42 Å². The molecule has 0 aliphatic heterocycles. The molecule has 1 rings (SSSR count). The van der Waals surface area contributed by atoms with E-state index in [0.717, 1.165) is 6.42 Å². The van der Waals surface area contributed by atoms with E-state index in [2.05, 4.69) is 9.98 Å². The molecular weight excluding hydrogens is 168 g/mol. The van der Waals surface area contributed by atoms with Crippen LogP contribution in [-0.4, -0.2) is 18.3 Å². The van der Waals surface area contributed by atoms with E-state index in [0.29, 0.717) is 0 Å². The highest BCUT2D eigenvalue weighted by Gasteiger charge is 2.17. The summed E-state index contributed by atoms with van der Waals surface area (Å²) in [6.07, 6.45) is 10.3. The van der Waals surface area contributed by atoms with E-state index in [1.165, 1.54) is 12.2 Å². The Hall–Kier alpha value is -1.76. The van der Waals surface area contributed by atoms with Crippen molar-refractivity contribution in [2.75, 3.05) is 0 Å². The Morgan fingerprint density at radius 3 is 2.38 bits per heavy atom. The first kappa shape index (κ1) is 9.33. The van der Waals surface area contributed by atoms with Gasteiger partial charge in [-0.3, -0.25) is 0 Å². The first-order valence-corrected chi connectivity index (χ1v) is 3.86. The van der Waals surface area contributed by atoms with Gasteiger partial charge in [0.25, 0.3) is 0 Å². The summed E-state index contributed by atoms with van der Waals surface area (Å²) in [6.45, 7) is 0. The summed E-state index contributed by atoms with van der Waals surface area (Å²) in [5.41, 5.74) is 0. The van der Waals surface area contributed by atoms with E-state index in [1.54, 1.807) is 0 Å². The van der Waals surface area contributed by atoms with Crippen LogP contribution in [0.25, 0.3) is 0 Å². The van der Waals surface area contributed by atoms with Crippen LogP contribution in [-0.2, 0) is 9.59 Å². The standard InChI is InChI=1S/C9H8N2O2/c12-6-10-9(11-7-13)8-4-2-1-3-5-8/h1-4,8-9H,5H2. The van der Waals surface area contributed by atoms with Crippen molar-refractivity contribution < 1.29 is 9.59 Å². The molecule has 0 aromatic rings. The van der Waals surface area contributed by atoms with Crippen LogP contribution >= 0.6 is 0 Å². The SMILES string of the molecule is O=C=NC(N=C=O)C1C=CC=CC1. The number of isocyanates is 2. The number of carbonyl (C=O) groups excluding carboxylic acids is 2. The molecule has 0 saturated heterocycles. The van der Waals surface area contributed by atoms with Crippen molar-refractivity contribution in [2.45, 2.75) is 12.6 Å². The van der Waals surface area contributed by atoms with Crippen molar-refractivity contribution in [3.63, 3.8) is 0 Å². The predicted octanol–water partition coefficient (Wildman–Crippen LogP) is 1.12. The topological polar surface area (TPSA) is 58.9 Å². The van der Waals surface area contributed by atoms with Crippen molar-refractivity contribution in [1.29, 1.82) is 0 Å². The van der Waals surface area contributed by atoms with Crippen LogP contribution in [0.5, 0.6) is 0 Å². The average molecular weight is 176 g/mol. The van der Waals surface area contributed by atoms with E-state index in [9.17, 15) is 9.59 Å². The molecule has 1 aliphatic carbocycles. The molecular formula is C9H8N2O2. The van der Waals surface area contributed by atoms with E-state index in [-0.39, 0.29) is 5.92 Å². The van der Waals surface area contributed by atoms with Crippen molar-refractivity contribution in [3.05, 3.63) is 24.3 Å². The van der Waals surface area contributed by atoms with Gasteiger partial charge in [0.15, 0.2) is 6.17 Å². The molecule has 66 valence electrons. The lowest BCUT2D eigenvalue weighted by Gasteiger charge is -2.14. The Morgan fingerprint density at radius 1 is 1.23 bits per heavy atom. The lowest BCUT2D eigenvalue weighted by molar-refractivity contribution is 0.498. The second-order valence-electron chi connectivity index (χ2n) is 2.57. The molecule has 0 saturated carbocycles. The second-order valence-corrected chi connectivity index (χ2v) is 2.57. The van der Waals surface area contributed by atoms with Crippen LogP contribution in [0.3, 0.4) is 0 Å². The van der Waals surface area contributed by atoms with E-state index < -0.39 is 6.17 Å². The molecule has 0 aromatic carbocycles. The molecule has 13 heavy (non-hydrogen) atoms. The molecule has 0 aromatic heterocycles. The molecule has 0 fully saturated rings. The zero-order valence-electron chi connectivity index (χ0n) is 6.88. The van der Waals surface area contributed by atoms with E-state index in [1.807, 2.05) is 24.3 Å².